The molecule has 1 N–H and O–H groups in total. The van der Waals surface area contributed by atoms with Crippen molar-refractivity contribution in [1.29, 1.82) is 0 Å². The molecular weight excluding hydrogens is 468 g/mol. The van der Waals surface area contributed by atoms with Crippen LogP contribution in [0.4, 0.5) is 5.95 Å². The second-order valence-corrected chi connectivity index (χ2v) is 10.0. The number of fused-ring (bicyclic) bond motifs is 1. The van der Waals surface area contributed by atoms with Crippen LogP contribution in [0.25, 0.3) is 15.9 Å². The fraction of sp³-hybridized carbons (Fsp3) is 0.269. The third kappa shape index (κ3) is 4.58. The molecule has 1 unspecified atom stereocenters. The summed E-state index contributed by atoms with van der Waals surface area (Å²) in [4.78, 5) is 33.4. The molecule has 6 nitrogen and oxygen atoms in total. The van der Waals surface area contributed by atoms with Crippen molar-refractivity contribution in [1.82, 2.24) is 14.9 Å². The molecule has 1 amide bonds. The van der Waals surface area contributed by atoms with E-state index in [2.05, 4.69) is 10.2 Å². The first-order chi connectivity index (χ1) is 16.5. The lowest BCUT2D eigenvalue weighted by molar-refractivity contribution is -0.125. The maximum Gasteiger partial charge on any atom is 0.277 e. The monoisotopic (exact) mass is 492 g/mol. The minimum Gasteiger partial charge on any atom is -0.352 e. The topological polar surface area (TPSA) is 67.2 Å². The quantitative estimate of drug-likeness (QED) is 0.428. The summed E-state index contributed by atoms with van der Waals surface area (Å²) < 4.78 is 2.32. The van der Waals surface area contributed by atoms with Crippen molar-refractivity contribution < 1.29 is 4.79 Å². The molecule has 0 spiro atoms. The number of halogens is 1. The first kappa shape index (κ1) is 22.6. The lowest BCUT2D eigenvalue weighted by Crippen LogP contribution is -2.45. The molecule has 4 aromatic rings. The summed E-state index contributed by atoms with van der Waals surface area (Å²) in [6.45, 7) is 3.70. The number of aromatic nitrogens is 2. The molecule has 0 bridgehead atoms. The minimum atomic E-state index is -0.186. The summed E-state index contributed by atoms with van der Waals surface area (Å²) in [5.41, 5.74) is 3.48. The van der Waals surface area contributed by atoms with Gasteiger partial charge < -0.3 is 10.2 Å². The van der Waals surface area contributed by atoms with Crippen LogP contribution in [0.3, 0.4) is 0 Å². The second-order valence-electron chi connectivity index (χ2n) is 8.66. The molecule has 2 aromatic carbocycles. The number of thiophene rings is 1. The summed E-state index contributed by atoms with van der Waals surface area (Å²) in [5.74, 6) is 0.409. The third-order valence-electron chi connectivity index (χ3n) is 6.19. The molecular formula is C26H25ClN4O2S. The van der Waals surface area contributed by atoms with Gasteiger partial charge in [-0.25, -0.2) is 9.55 Å². The first-order valence-corrected chi connectivity index (χ1v) is 12.6. The van der Waals surface area contributed by atoms with E-state index in [1.165, 1.54) is 11.3 Å². The Labute approximate surface area is 206 Å². The average molecular weight is 493 g/mol. The van der Waals surface area contributed by atoms with Crippen LogP contribution in [0.2, 0.25) is 5.02 Å². The van der Waals surface area contributed by atoms with Crippen LogP contribution < -0.4 is 15.8 Å². The average Bonchev–Trinajstić information content (AvgIpc) is 3.33. The maximum absolute atomic E-state index is 13.5. The number of rotatable bonds is 5. The van der Waals surface area contributed by atoms with Gasteiger partial charge in [0.05, 0.1) is 17.1 Å². The van der Waals surface area contributed by atoms with Crippen molar-refractivity contribution in [2.45, 2.75) is 26.3 Å². The molecule has 174 valence electrons. The zero-order valence-corrected chi connectivity index (χ0v) is 20.4. The Morgan fingerprint density at radius 1 is 1.21 bits per heavy atom. The molecule has 1 atom stereocenters. The highest BCUT2D eigenvalue weighted by atomic mass is 35.5. The van der Waals surface area contributed by atoms with E-state index >= 15 is 0 Å². The van der Waals surface area contributed by atoms with Gasteiger partial charge in [-0.2, -0.15) is 0 Å². The predicted octanol–water partition coefficient (Wildman–Crippen LogP) is 4.94. The zero-order chi connectivity index (χ0) is 23.7. The van der Waals surface area contributed by atoms with Crippen molar-refractivity contribution in [3.05, 3.63) is 86.5 Å². The van der Waals surface area contributed by atoms with Crippen LogP contribution in [0.1, 0.15) is 24.0 Å². The minimum absolute atomic E-state index is 0.00511. The van der Waals surface area contributed by atoms with Crippen LogP contribution in [0.5, 0.6) is 0 Å². The van der Waals surface area contributed by atoms with Gasteiger partial charge in [0.2, 0.25) is 11.9 Å². The first-order valence-electron chi connectivity index (χ1n) is 11.3. The highest BCUT2D eigenvalue weighted by Gasteiger charge is 2.29. The van der Waals surface area contributed by atoms with Crippen LogP contribution in [0.15, 0.2) is 64.8 Å². The molecule has 2 aromatic heterocycles. The van der Waals surface area contributed by atoms with Gasteiger partial charge >= 0.3 is 0 Å². The summed E-state index contributed by atoms with van der Waals surface area (Å²) in [7, 11) is 0. The normalized spacial score (nSPS) is 16.1. The maximum atomic E-state index is 13.5. The molecule has 1 aliphatic rings. The summed E-state index contributed by atoms with van der Waals surface area (Å²) in [6.07, 6.45) is 1.65. The number of amides is 1. The highest BCUT2D eigenvalue weighted by Crippen LogP contribution is 2.27. The number of aryl methyl sites for hydroxylation is 1. The van der Waals surface area contributed by atoms with Crippen LogP contribution in [-0.4, -0.2) is 28.5 Å². The molecule has 1 fully saturated rings. The Balaban J connectivity index is 1.43. The highest BCUT2D eigenvalue weighted by molar-refractivity contribution is 7.17. The Bertz CT molecular complexity index is 1400. The van der Waals surface area contributed by atoms with Gasteiger partial charge in [0.15, 0.2) is 0 Å². The van der Waals surface area contributed by atoms with Crippen molar-refractivity contribution in [2.75, 3.05) is 18.0 Å². The largest absolute Gasteiger partial charge is 0.352 e. The van der Waals surface area contributed by atoms with Crippen molar-refractivity contribution in [3.8, 4) is 5.69 Å². The van der Waals surface area contributed by atoms with E-state index in [-0.39, 0.29) is 17.4 Å². The molecule has 0 aliphatic carbocycles. The standard InChI is InChI=1S/C26H25ClN4O2S/c1-17-7-9-21(10-8-17)31-25(33)23-22(11-13-34-23)29-26(31)30-12-3-5-19(16-30)24(32)28-15-18-4-2-6-20(27)14-18/h2,4,6-11,13-14,19H,3,5,12,15-16H2,1H3,(H,28,32). The van der Waals surface area contributed by atoms with Crippen molar-refractivity contribution in [2.24, 2.45) is 5.92 Å². The van der Waals surface area contributed by atoms with E-state index in [1.54, 1.807) is 4.57 Å². The number of piperidine rings is 1. The fourth-order valence-electron chi connectivity index (χ4n) is 4.39. The Kier molecular flexibility index (Phi) is 6.39. The number of nitrogens with one attached hydrogen (secondary N) is 1. The van der Waals surface area contributed by atoms with Gasteiger partial charge in [-0.05, 0) is 61.0 Å². The number of benzene rings is 2. The van der Waals surface area contributed by atoms with E-state index in [9.17, 15) is 9.59 Å². The second kappa shape index (κ2) is 9.60. The van der Waals surface area contributed by atoms with Gasteiger partial charge in [0, 0.05) is 24.7 Å². The molecule has 0 saturated carbocycles. The number of nitrogens with zero attached hydrogens (tertiary/aromatic N) is 3. The fourth-order valence-corrected chi connectivity index (χ4v) is 5.37. The van der Waals surface area contributed by atoms with Crippen LogP contribution in [-0.2, 0) is 11.3 Å². The van der Waals surface area contributed by atoms with Gasteiger partial charge in [0.1, 0.15) is 4.70 Å². The Hall–Kier alpha value is -3.16. The zero-order valence-electron chi connectivity index (χ0n) is 18.8. The molecule has 5 rings (SSSR count). The summed E-state index contributed by atoms with van der Waals surface area (Å²) in [5, 5.41) is 5.59. The van der Waals surface area contributed by atoms with Crippen LogP contribution >= 0.6 is 22.9 Å². The number of hydrogen-bond donors (Lipinski definition) is 1. The van der Waals surface area contributed by atoms with Gasteiger partial charge in [-0.3, -0.25) is 9.59 Å². The van der Waals surface area contributed by atoms with Gasteiger partial charge in [-0.15, -0.1) is 11.3 Å². The number of carbonyl (C=O) groups excluding carboxylic acids is 1. The Morgan fingerprint density at radius 3 is 2.82 bits per heavy atom. The SMILES string of the molecule is Cc1ccc(-n2c(N3CCCC(C(=O)NCc4cccc(Cl)c4)C3)nc3ccsc3c2=O)cc1. The predicted molar refractivity (Wildman–Crippen MR) is 138 cm³/mol. The summed E-state index contributed by atoms with van der Waals surface area (Å²) in [6, 6.07) is 17.2. The summed E-state index contributed by atoms with van der Waals surface area (Å²) >= 11 is 7.47. The Morgan fingerprint density at radius 2 is 2.03 bits per heavy atom. The van der Waals surface area contributed by atoms with Crippen molar-refractivity contribution in [3.63, 3.8) is 0 Å². The smallest absolute Gasteiger partial charge is 0.277 e. The molecule has 1 aliphatic heterocycles. The number of anilines is 1. The molecule has 1 saturated heterocycles. The van der Waals surface area contributed by atoms with E-state index in [0.717, 1.165) is 36.2 Å². The van der Waals surface area contributed by atoms with E-state index < -0.39 is 0 Å². The number of hydrogen-bond acceptors (Lipinski definition) is 5. The molecule has 0 radical (unpaired) electrons. The lowest BCUT2D eigenvalue weighted by Gasteiger charge is -2.34. The van der Waals surface area contributed by atoms with E-state index in [1.807, 2.05) is 66.9 Å². The molecule has 8 heteroatoms. The van der Waals surface area contributed by atoms with E-state index in [0.29, 0.717) is 34.3 Å². The van der Waals surface area contributed by atoms with Gasteiger partial charge in [0.25, 0.3) is 5.56 Å². The molecule has 3 heterocycles. The van der Waals surface area contributed by atoms with E-state index in [4.69, 9.17) is 16.6 Å². The van der Waals surface area contributed by atoms with Crippen LogP contribution in [0, 0.1) is 12.8 Å². The lowest BCUT2D eigenvalue weighted by atomic mass is 9.97. The van der Waals surface area contributed by atoms with Gasteiger partial charge in [-0.1, -0.05) is 41.4 Å². The molecule has 34 heavy (non-hydrogen) atoms. The third-order valence-corrected chi connectivity index (χ3v) is 7.31. The number of carbonyl (C=O) groups is 1. The van der Waals surface area contributed by atoms with Crippen molar-refractivity contribution >= 4 is 45.0 Å².